The van der Waals surface area contributed by atoms with Crippen molar-refractivity contribution < 1.29 is 4.79 Å². The van der Waals surface area contributed by atoms with Crippen molar-refractivity contribution in [2.45, 2.75) is 25.7 Å². The Kier molecular flexibility index (Phi) is 1.48. The molecule has 0 aromatic carbocycles. The van der Waals surface area contributed by atoms with E-state index in [4.69, 9.17) is 0 Å². The SMILES string of the molecule is O=C1NCCCC12CC=CC2. The molecule has 0 bridgehead atoms. The lowest BCUT2D eigenvalue weighted by Crippen LogP contribution is -2.44. The minimum absolute atomic E-state index is 0.0295. The predicted molar refractivity (Wildman–Crippen MR) is 43.1 cm³/mol. The molecule has 1 heterocycles. The average molecular weight is 151 g/mol. The number of carbonyl (C=O) groups is 1. The van der Waals surface area contributed by atoms with Gasteiger partial charge in [0.2, 0.25) is 5.91 Å². The van der Waals surface area contributed by atoms with Crippen LogP contribution in [0, 0.1) is 5.41 Å². The molecular weight excluding hydrogens is 138 g/mol. The molecule has 2 heteroatoms. The van der Waals surface area contributed by atoms with Crippen LogP contribution in [0.2, 0.25) is 0 Å². The van der Waals surface area contributed by atoms with Crippen molar-refractivity contribution in [1.82, 2.24) is 5.32 Å². The van der Waals surface area contributed by atoms with Crippen LogP contribution >= 0.6 is 0 Å². The Balaban J connectivity index is 2.15. The van der Waals surface area contributed by atoms with Gasteiger partial charge in [0, 0.05) is 6.54 Å². The fourth-order valence-electron chi connectivity index (χ4n) is 2.02. The number of amides is 1. The molecule has 2 aliphatic rings. The molecule has 60 valence electrons. The Morgan fingerprint density at radius 1 is 1.36 bits per heavy atom. The highest BCUT2D eigenvalue weighted by Crippen LogP contribution is 2.39. The van der Waals surface area contributed by atoms with Crippen LogP contribution in [0.4, 0.5) is 0 Å². The summed E-state index contributed by atoms with van der Waals surface area (Å²) < 4.78 is 0. The minimum Gasteiger partial charge on any atom is -0.356 e. The van der Waals surface area contributed by atoms with Crippen LogP contribution in [-0.2, 0) is 4.79 Å². The number of hydrogen-bond donors (Lipinski definition) is 1. The molecule has 1 saturated heterocycles. The normalized spacial score (nSPS) is 27.5. The van der Waals surface area contributed by atoms with Crippen molar-refractivity contribution in [1.29, 1.82) is 0 Å². The van der Waals surface area contributed by atoms with Gasteiger partial charge in [0.05, 0.1) is 5.41 Å². The smallest absolute Gasteiger partial charge is 0.226 e. The molecule has 1 N–H and O–H groups in total. The van der Waals surface area contributed by atoms with Gasteiger partial charge in [0.1, 0.15) is 0 Å². The van der Waals surface area contributed by atoms with E-state index in [0.29, 0.717) is 0 Å². The van der Waals surface area contributed by atoms with E-state index < -0.39 is 0 Å². The summed E-state index contributed by atoms with van der Waals surface area (Å²) in [6.07, 6.45) is 8.40. The summed E-state index contributed by atoms with van der Waals surface area (Å²) in [5, 5.41) is 2.94. The number of rotatable bonds is 0. The van der Waals surface area contributed by atoms with E-state index in [2.05, 4.69) is 17.5 Å². The zero-order valence-corrected chi connectivity index (χ0v) is 6.60. The van der Waals surface area contributed by atoms with Crippen molar-refractivity contribution in [2.75, 3.05) is 6.54 Å². The third-order valence-corrected chi connectivity index (χ3v) is 2.78. The monoisotopic (exact) mass is 151 g/mol. The standard InChI is InChI=1S/C9H13NO/c11-8-9(4-1-2-5-9)6-3-7-10-8/h1-2H,3-7H2,(H,10,11). The van der Waals surface area contributed by atoms with E-state index in [-0.39, 0.29) is 11.3 Å². The number of piperidine rings is 1. The maximum atomic E-state index is 11.5. The van der Waals surface area contributed by atoms with Crippen LogP contribution in [-0.4, -0.2) is 12.5 Å². The lowest BCUT2D eigenvalue weighted by molar-refractivity contribution is -0.132. The van der Waals surface area contributed by atoms with Gasteiger partial charge < -0.3 is 5.32 Å². The summed E-state index contributed by atoms with van der Waals surface area (Å²) in [4.78, 5) is 11.5. The molecule has 0 aromatic rings. The molecule has 1 spiro atoms. The van der Waals surface area contributed by atoms with Gasteiger partial charge in [-0.1, -0.05) is 12.2 Å². The second kappa shape index (κ2) is 2.36. The molecule has 0 aromatic heterocycles. The molecular formula is C9H13NO. The Bertz CT molecular complexity index is 200. The van der Waals surface area contributed by atoms with E-state index in [1.807, 2.05) is 0 Å². The first-order valence-corrected chi connectivity index (χ1v) is 4.27. The van der Waals surface area contributed by atoms with Crippen LogP contribution in [0.1, 0.15) is 25.7 Å². The van der Waals surface area contributed by atoms with Crippen LogP contribution < -0.4 is 5.32 Å². The molecule has 0 radical (unpaired) electrons. The first-order chi connectivity index (χ1) is 5.33. The van der Waals surface area contributed by atoms with Gasteiger partial charge in [-0.25, -0.2) is 0 Å². The number of carbonyl (C=O) groups excluding carboxylic acids is 1. The van der Waals surface area contributed by atoms with Gasteiger partial charge in [0.15, 0.2) is 0 Å². The second-order valence-electron chi connectivity index (χ2n) is 3.52. The zero-order chi connectivity index (χ0) is 7.73. The second-order valence-corrected chi connectivity index (χ2v) is 3.52. The highest BCUT2D eigenvalue weighted by molar-refractivity contribution is 5.84. The molecule has 2 nitrogen and oxygen atoms in total. The van der Waals surface area contributed by atoms with Crippen molar-refractivity contribution >= 4 is 5.91 Å². The van der Waals surface area contributed by atoms with Gasteiger partial charge in [-0.05, 0) is 25.7 Å². The third-order valence-electron chi connectivity index (χ3n) is 2.78. The molecule has 2 rings (SSSR count). The maximum absolute atomic E-state index is 11.5. The number of nitrogens with one attached hydrogen (secondary N) is 1. The minimum atomic E-state index is -0.0295. The van der Waals surface area contributed by atoms with Crippen LogP contribution in [0.3, 0.4) is 0 Å². The van der Waals surface area contributed by atoms with Crippen molar-refractivity contribution in [3.63, 3.8) is 0 Å². The van der Waals surface area contributed by atoms with Crippen LogP contribution in [0.15, 0.2) is 12.2 Å². The largest absolute Gasteiger partial charge is 0.356 e. The summed E-state index contributed by atoms with van der Waals surface area (Å²) in [6.45, 7) is 0.876. The van der Waals surface area contributed by atoms with E-state index in [9.17, 15) is 4.79 Å². The van der Waals surface area contributed by atoms with Gasteiger partial charge >= 0.3 is 0 Å². The average Bonchev–Trinajstić information content (AvgIpc) is 2.46. The highest BCUT2D eigenvalue weighted by atomic mass is 16.2. The van der Waals surface area contributed by atoms with Crippen molar-refractivity contribution in [2.24, 2.45) is 5.41 Å². The summed E-state index contributed by atoms with van der Waals surface area (Å²) in [5.74, 6) is 0.272. The molecule has 11 heavy (non-hydrogen) atoms. The van der Waals surface area contributed by atoms with Gasteiger partial charge in [-0.15, -0.1) is 0 Å². The third kappa shape index (κ3) is 0.971. The lowest BCUT2D eigenvalue weighted by Gasteiger charge is -2.31. The van der Waals surface area contributed by atoms with E-state index in [1.54, 1.807) is 0 Å². The first kappa shape index (κ1) is 6.89. The van der Waals surface area contributed by atoms with Gasteiger partial charge in [-0.2, -0.15) is 0 Å². The van der Waals surface area contributed by atoms with Gasteiger partial charge in [0.25, 0.3) is 0 Å². The zero-order valence-electron chi connectivity index (χ0n) is 6.60. The van der Waals surface area contributed by atoms with Gasteiger partial charge in [-0.3, -0.25) is 4.79 Å². The van der Waals surface area contributed by atoms with Crippen molar-refractivity contribution in [3.8, 4) is 0 Å². The molecule has 0 unspecified atom stereocenters. The maximum Gasteiger partial charge on any atom is 0.226 e. The van der Waals surface area contributed by atoms with E-state index in [0.717, 1.165) is 32.2 Å². The van der Waals surface area contributed by atoms with Crippen molar-refractivity contribution in [3.05, 3.63) is 12.2 Å². The van der Waals surface area contributed by atoms with Crippen LogP contribution in [0.25, 0.3) is 0 Å². The first-order valence-electron chi connectivity index (χ1n) is 4.27. The topological polar surface area (TPSA) is 29.1 Å². The van der Waals surface area contributed by atoms with Crippen LogP contribution in [0.5, 0.6) is 0 Å². The summed E-state index contributed by atoms with van der Waals surface area (Å²) in [7, 11) is 0. The number of hydrogen-bond acceptors (Lipinski definition) is 1. The molecule has 1 aliphatic carbocycles. The van der Waals surface area contributed by atoms with E-state index in [1.165, 1.54) is 0 Å². The fourth-order valence-corrected chi connectivity index (χ4v) is 2.02. The molecule has 0 saturated carbocycles. The summed E-state index contributed by atoms with van der Waals surface area (Å²) in [5.41, 5.74) is -0.0295. The quantitative estimate of drug-likeness (QED) is 0.518. The molecule has 1 aliphatic heterocycles. The van der Waals surface area contributed by atoms with E-state index >= 15 is 0 Å². The molecule has 1 fully saturated rings. The Hall–Kier alpha value is -0.790. The predicted octanol–water partition coefficient (Wildman–Crippen LogP) is 1.23. The fraction of sp³-hybridized carbons (Fsp3) is 0.667. The summed E-state index contributed by atoms with van der Waals surface area (Å²) >= 11 is 0. The molecule has 1 amide bonds. The Labute approximate surface area is 66.7 Å². The molecule has 0 atom stereocenters. The lowest BCUT2D eigenvalue weighted by atomic mass is 9.78. The highest BCUT2D eigenvalue weighted by Gasteiger charge is 2.39. The number of allylic oxidation sites excluding steroid dienone is 2. The Morgan fingerprint density at radius 2 is 2.09 bits per heavy atom. The Morgan fingerprint density at radius 3 is 2.73 bits per heavy atom. The summed E-state index contributed by atoms with van der Waals surface area (Å²) in [6, 6.07) is 0.